The van der Waals surface area contributed by atoms with Crippen molar-refractivity contribution in [1.82, 2.24) is 5.32 Å². The molecule has 0 saturated heterocycles. The topological polar surface area (TPSA) is 30.5 Å². The summed E-state index contributed by atoms with van der Waals surface area (Å²) in [4.78, 5) is 0. The normalized spacial score (nSPS) is 12.3. The lowest BCUT2D eigenvalue weighted by Gasteiger charge is -2.13. The number of unbranched alkanes of at least 4 members (excludes halogenated alkanes) is 2. The lowest BCUT2D eigenvalue weighted by molar-refractivity contribution is 0.192. The van der Waals surface area contributed by atoms with Crippen molar-refractivity contribution in [2.24, 2.45) is 0 Å². The first-order valence-electron chi connectivity index (χ1n) is 7.61. The predicted molar refractivity (Wildman–Crippen MR) is 84.5 cm³/mol. The highest BCUT2D eigenvalue weighted by Crippen LogP contribution is 2.13. The van der Waals surface area contributed by atoms with E-state index in [1.54, 1.807) is 14.2 Å². The molecule has 0 amide bonds. The minimum absolute atomic E-state index is 0.569. The Morgan fingerprint density at radius 1 is 1.05 bits per heavy atom. The van der Waals surface area contributed by atoms with E-state index < -0.39 is 0 Å². The van der Waals surface area contributed by atoms with Crippen LogP contribution < -0.4 is 10.1 Å². The van der Waals surface area contributed by atoms with Gasteiger partial charge in [-0.25, -0.2) is 0 Å². The van der Waals surface area contributed by atoms with Gasteiger partial charge in [0.15, 0.2) is 0 Å². The number of rotatable bonds is 11. The van der Waals surface area contributed by atoms with Gasteiger partial charge in [-0.2, -0.15) is 0 Å². The Morgan fingerprint density at radius 3 is 2.45 bits per heavy atom. The molecule has 0 saturated carbocycles. The van der Waals surface area contributed by atoms with Crippen LogP contribution in [0.5, 0.6) is 5.75 Å². The monoisotopic (exact) mass is 279 g/mol. The lowest BCUT2D eigenvalue weighted by Crippen LogP contribution is -2.27. The molecule has 3 heteroatoms. The number of nitrogens with one attached hydrogen (secondary N) is 1. The second kappa shape index (κ2) is 10.7. The minimum atomic E-state index is 0.569. The smallest absolute Gasteiger partial charge is 0.118 e. The molecule has 0 fully saturated rings. The van der Waals surface area contributed by atoms with Gasteiger partial charge in [0.25, 0.3) is 0 Å². The Kier molecular flexibility index (Phi) is 9.09. The first-order chi connectivity index (χ1) is 9.76. The summed E-state index contributed by atoms with van der Waals surface area (Å²) < 4.78 is 10.2. The number of methoxy groups -OCH3 is 2. The maximum absolute atomic E-state index is 5.17. The number of aryl methyl sites for hydroxylation is 1. The maximum atomic E-state index is 5.17. The standard InChI is InChI=1S/C17H29NO2/c1-15(18-13-5-4-6-14-19-2)7-8-16-9-11-17(20-3)12-10-16/h9-12,15,18H,4-8,13-14H2,1-3H3. The van der Waals surface area contributed by atoms with Gasteiger partial charge >= 0.3 is 0 Å². The Labute approximate surface area is 123 Å². The maximum Gasteiger partial charge on any atom is 0.118 e. The Morgan fingerprint density at radius 2 is 1.80 bits per heavy atom. The van der Waals surface area contributed by atoms with Crippen LogP contribution in [0.2, 0.25) is 0 Å². The second-order valence-corrected chi connectivity index (χ2v) is 5.30. The zero-order chi connectivity index (χ0) is 14.6. The quantitative estimate of drug-likeness (QED) is 0.630. The number of hydrogen-bond acceptors (Lipinski definition) is 3. The van der Waals surface area contributed by atoms with E-state index in [9.17, 15) is 0 Å². The molecule has 1 atom stereocenters. The van der Waals surface area contributed by atoms with E-state index in [1.807, 2.05) is 12.1 Å². The zero-order valence-electron chi connectivity index (χ0n) is 13.2. The Hall–Kier alpha value is -1.06. The van der Waals surface area contributed by atoms with Crippen LogP contribution in [-0.4, -0.2) is 33.4 Å². The molecule has 0 aliphatic rings. The molecule has 0 radical (unpaired) electrons. The van der Waals surface area contributed by atoms with Crippen molar-refractivity contribution >= 4 is 0 Å². The predicted octanol–water partition coefficient (Wildman–Crippen LogP) is 3.42. The largest absolute Gasteiger partial charge is 0.497 e. The summed E-state index contributed by atoms with van der Waals surface area (Å²) in [6, 6.07) is 8.93. The molecular formula is C17H29NO2. The van der Waals surface area contributed by atoms with Crippen molar-refractivity contribution in [3.05, 3.63) is 29.8 Å². The first-order valence-corrected chi connectivity index (χ1v) is 7.61. The summed E-state index contributed by atoms with van der Waals surface area (Å²) in [6.07, 6.45) is 5.92. The fraction of sp³-hybridized carbons (Fsp3) is 0.647. The molecule has 3 nitrogen and oxygen atoms in total. The van der Waals surface area contributed by atoms with Crippen LogP contribution in [0.25, 0.3) is 0 Å². The van der Waals surface area contributed by atoms with E-state index in [0.29, 0.717) is 6.04 Å². The van der Waals surface area contributed by atoms with Gasteiger partial charge in [0.1, 0.15) is 5.75 Å². The van der Waals surface area contributed by atoms with E-state index in [2.05, 4.69) is 24.4 Å². The average molecular weight is 279 g/mol. The van der Waals surface area contributed by atoms with E-state index in [-0.39, 0.29) is 0 Å². The van der Waals surface area contributed by atoms with Crippen LogP contribution in [0.15, 0.2) is 24.3 Å². The van der Waals surface area contributed by atoms with Gasteiger partial charge < -0.3 is 14.8 Å². The van der Waals surface area contributed by atoms with Crippen molar-refractivity contribution in [2.45, 2.75) is 45.1 Å². The number of hydrogen-bond donors (Lipinski definition) is 1. The number of benzene rings is 1. The van der Waals surface area contributed by atoms with Crippen LogP contribution in [0.4, 0.5) is 0 Å². The van der Waals surface area contributed by atoms with Gasteiger partial charge in [-0.1, -0.05) is 12.1 Å². The molecule has 114 valence electrons. The van der Waals surface area contributed by atoms with Crippen LogP contribution in [0.3, 0.4) is 0 Å². The first kappa shape index (κ1) is 17.0. The molecule has 0 aromatic heterocycles. The third-order valence-corrected chi connectivity index (χ3v) is 3.54. The highest BCUT2D eigenvalue weighted by Gasteiger charge is 2.02. The van der Waals surface area contributed by atoms with E-state index in [4.69, 9.17) is 9.47 Å². The molecule has 0 bridgehead atoms. The highest BCUT2D eigenvalue weighted by molar-refractivity contribution is 5.27. The Bertz CT molecular complexity index is 337. The SMILES string of the molecule is COCCCCCNC(C)CCc1ccc(OC)cc1. The third kappa shape index (κ3) is 7.51. The van der Waals surface area contributed by atoms with Crippen LogP contribution in [0, 0.1) is 0 Å². The van der Waals surface area contributed by atoms with E-state index in [1.165, 1.54) is 31.2 Å². The summed E-state index contributed by atoms with van der Waals surface area (Å²) >= 11 is 0. The zero-order valence-corrected chi connectivity index (χ0v) is 13.2. The summed E-state index contributed by atoms with van der Waals surface area (Å²) in [7, 11) is 3.47. The molecule has 1 aromatic carbocycles. The minimum Gasteiger partial charge on any atom is -0.497 e. The summed E-state index contributed by atoms with van der Waals surface area (Å²) in [5.41, 5.74) is 1.37. The molecule has 1 unspecified atom stereocenters. The van der Waals surface area contributed by atoms with Crippen molar-refractivity contribution in [1.29, 1.82) is 0 Å². The van der Waals surface area contributed by atoms with Crippen molar-refractivity contribution in [3.8, 4) is 5.75 Å². The molecule has 1 aromatic rings. The van der Waals surface area contributed by atoms with Gasteiger partial charge in [-0.3, -0.25) is 0 Å². The molecule has 20 heavy (non-hydrogen) atoms. The van der Waals surface area contributed by atoms with Gasteiger partial charge in [-0.15, -0.1) is 0 Å². The summed E-state index contributed by atoms with van der Waals surface area (Å²) in [6.45, 7) is 4.25. The van der Waals surface area contributed by atoms with Crippen LogP contribution in [0.1, 0.15) is 38.2 Å². The fourth-order valence-corrected chi connectivity index (χ4v) is 2.17. The molecule has 1 N–H and O–H groups in total. The Balaban J connectivity index is 2.08. The third-order valence-electron chi connectivity index (χ3n) is 3.54. The van der Waals surface area contributed by atoms with Gasteiger partial charge in [0, 0.05) is 19.8 Å². The number of ether oxygens (including phenoxy) is 2. The second-order valence-electron chi connectivity index (χ2n) is 5.30. The molecular weight excluding hydrogens is 250 g/mol. The fourth-order valence-electron chi connectivity index (χ4n) is 2.17. The molecule has 0 aliphatic heterocycles. The molecule has 1 rings (SSSR count). The van der Waals surface area contributed by atoms with Gasteiger partial charge in [-0.05, 0) is 63.3 Å². The van der Waals surface area contributed by atoms with Crippen LogP contribution >= 0.6 is 0 Å². The highest BCUT2D eigenvalue weighted by atomic mass is 16.5. The molecule has 0 aliphatic carbocycles. The van der Waals surface area contributed by atoms with Crippen LogP contribution in [-0.2, 0) is 11.2 Å². The average Bonchev–Trinajstić information content (AvgIpc) is 2.49. The van der Waals surface area contributed by atoms with Crippen molar-refractivity contribution < 1.29 is 9.47 Å². The summed E-state index contributed by atoms with van der Waals surface area (Å²) in [5.74, 6) is 0.927. The van der Waals surface area contributed by atoms with Crippen molar-refractivity contribution in [3.63, 3.8) is 0 Å². The lowest BCUT2D eigenvalue weighted by atomic mass is 10.1. The molecule has 0 heterocycles. The van der Waals surface area contributed by atoms with Gasteiger partial charge in [0.05, 0.1) is 7.11 Å². The van der Waals surface area contributed by atoms with Gasteiger partial charge in [0.2, 0.25) is 0 Å². The van der Waals surface area contributed by atoms with E-state index >= 15 is 0 Å². The van der Waals surface area contributed by atoms with Crippen molar-refractivity contribution in [2.75, 3.05) is 27.4 Å². The summed E-state index contributed by atoms with van der Waals surface area (Å²) in [5, 5.41) is 3.59. The van der Waals surface area contributed by atoms with E-state index in [0.717, 1.165) is 25.3 Å². The molecule has 0 spiro atoms.